The van der Waals surface area contributed by atoms with Crippen LogP contribution >= 0.6 is 0 Å². The molecule has 2 aromatic rings. The van der Waals surface area contributed by atoms with Gasteiger partial charge in [-0.1, -0.05) is 12.1 Å². The Kier molecular flexibility index (Phi) is 4.88. The van der Waals surface area contributed by atoms with Gasteiger partial charge in [0.25, 0.3) is 5.91 Å². The molecule has 1 fully saturated rings. The minimum Gasteiger partial charge on any atom is -0.369 e. The topological polar surface area (TPSA) is 81.2 Å². The fourth-order valence-electron chi connectivity index (χ4n) is 3.31. The van der Waals surface area contributed by atoms with Gasteiger partial charge in [0.15, 0.2) is 0 Å². The first-order chi connectivity index (χ1) is 11.9. The molecular formula is C19H24N4O2. The van der Waals surface area contributed by atoms with Crippen molar-refractivity contribution < 1.29 is 9.59 Å². The van der Waals surface area contributed by atoms with Crippen LogP contribution < -0.4 is 5.73 Å². The van der Waals surface area contributed by atoms with Crippen LogP contribution in [0.3, 0.4) is 0 Å². The van der Waals surface area contributed by atoms with Crippen molar-refractivity contribution in [1.82, 2.24) is 14.7 Å². The number of piperidine rings is 1. The lowest BCUT2D eigenvalue weighted by molar-refractivity contribution is -0.123. The summed E-state index contributed by atoms with van der Waals surface area (Å²) >= 11 is 0. The van der Waals surface area contributed by atoms with Crippen LogP contribution in [0.5, 0.6) is 0 Å². The molecule has 1 aromatic carbocycles. The van der Waals surface area contributed by atoms with Gasteiger partial charge >= 0.3 is 0 Å². The molecule has 25 heavy (non-hydrogen) atoms. The highest BCUT2D eigenvalue weighted by molar-refractivity contribution is 5.94. The summed E-state index contributed by atoms with van der Waals surface area (Å²) in [5.74, 6) is -0.353. The lowest BCUT2D eigenvalue weighted by Crippen LogP contribution is -2.41. The van der Waals surface area contributed by atoms with Crippen LogP contribution in [0.2, 0.25) is 0 Å². The highest BCUT2D eigenvalue weighted by Crippen LogP contribution is 2.19. The second kappa shape index (κ2) is 7.09. The molecule has 0 aliphatic carbocycles. The van der Waals surface area contributed by atoms with Crippen molar-refractivity contribution >= 4 is 11.8 Å². The Morgan fingerprint density at radius 1 is 1.16 bits per heavy atom. The number of nitrogens with zero attached hydrogens (tertiary/aromatic N) is 3. The third-order valence-corrected chi connectivity index (χ3v) is 4.82. The molecule has 2 N–H and O–H groups in total. The summed E-state index contributed by atoms with van der Waals surface area (Å²) in [6, 6.07) is 9.72. The third kappa shape index (κ3) is 3.90. The molecule has 0 radical (unpaired) electrons. The van der Waals surface area contributed by atoms with Gasteiger partial charge in [-0.3, -0.25) is 14.3 Å². The number of hydrogen-bond donors (Lipinski definition) is 1. The molecule has 1 aliphatic rings. The standard InChI is InChI=1S/C19H24N4O2/c1-13-11-14(2)23(21-13)12-15-3-5-17(6-4-15)19(25)22-9-7-16(8-10-22)18(20)24/h3-6,11,16H,7-10,12H2,1-2H3,(H2,20,24). The van der Waals surface area contributed by atoms with E-state index in [0.717, 1.165) is 17.0 Å². The van der Waals surface area contributed by atoms with E-state index in [-0.39, 0.29) is 17.7 Å². The van der Waals surface area contributed by atoms with E-state index < -0.39 is 0 Å². The highest BCUT2D eigenvalue weighted by atomic mass is 16.2. The van der Waals surface area contributed by atoms with Gasteiger partial charge in [0.2, 0.25) is 5.91 Å². The molecule has 0 bridgehead atoms. The fourth-order valence-corrected chi connectivity index (χ4v) is 3.31. The second-order valence-corrected chi connectivity index (χ2v) is 6.75. The van der Waals surface area contributed by atoms with Gasteiger partial charge in [0, 0.05) is 30.3 Å². The van der Waals surface area contributed by atoms with Crippen molar-refractivity contribution in [1.29, 1.82) is 0 Å². The van der Waals surface area contributed by atoms with Crippen molar-refractivity contribution in [3.63, 3.8) is 0 Å². The van der Waals surface area contributed by atoms with E-state index >= 15 is 0 Å². The van der Waals surface area contributed by atoms with Crippen molar-refractivity contribution in [3.8, 4) is 0 Å². The van der Waals surface area contributed by atoms with E-state index in [0.29, 0.717) is 38.0 Å². The lowest BCUT2D eigenvalue weighted by Gasteiger charge is -2.30. The predicted molar refractivity (Wildman–Crippen MR) is 95.1 cm³/mol. The summed E-state index contributed by atoms with van der Waals surface area (Å²) in [5, 5.41) is 4.46. The molecule has 1 saturated heterocycles. The molecule has 132 valence electrons. The summed E-state index contributed by atoms with van der Waals surface area (Å²) in [5.41, 5.74) is 9.25. The van der Waals surface area contributed by atoms with E-state index in [1.165, 1.54) is 0 Å². The van der Waals surface area contributed by atoms with Crippen LogP contribution in [0.1, 0.15) is 40.2 Å². The zero-order valence-corrected chi connectivity index (χ0v) is 14.7. The van der Waals surface area contributed by atoms with Gasteiger partial charge in [-0.25, -0.2) is 0 Å². The van der Waals surface area contributed by atoms with Gasteiger partial charge in [0.1, 0.15) is 0 Å². The Morgan fingerprint density at radius 2 is 1.80 bits per heavy atom. The molecule has 6 nitrogen and oxygen atoms in total. The molecule has 0 saturated carbocycles. The van der Waals surface area contributed by atoms with Gasteiger partial charge < -0.3 is 10.6 Å². The maximum absolute atomic E-state index is 12.6. The van der Waals surface area contributed by atoms with E-state index in [9.17, 15) is 9.59 Å². The number of carbonyl (C=O) groups is 2. The van der Waals surface area contributed by atoms with Crippen molar-refractivity contribution in [3.05, 3.63) is 52.8 Å². The van der Waals surface area contributed by atoms with E-state index in [1.54, 1.807) is 4.90 Å². The summed E-state index contributed by atoms with van der Waals surface area (Å²) < 4.78 is 1.96. The Morgan fingerprint density at radius 3 is 2.32 bits per heavy atom. The Bertz CT molecular complexity index is 771. The summed E-state index contributed by atoms with van der Waals surface area (Å²) in [6.45, 7) is 5.87. The van der Waals surface area contributed by atoms with Crippen molar-refractivity contribution in [2.24, 2.45) is 11.7 Å². The largest absolute Gasteiger partial charge is 0.369 e. The van der Waals surface area contributed by atoms with Gasteiger partial charge in [-0.15, -0.1) is 0 Å². The molecular weight excluding hydrogens is 316 g/mol. The van der Waals surface area contributed by atoms with E-state index in [2.05, 4.69) is 5.10 Å². The van der Waals surface area contributed by atoms with Crippen LogP contribution in [-0.4, -0.2) is 39.6 Å². The normalized spacial score (nSPS) is 15.4. The van der Waals surface area contributed by atoms with Crippen molar-refractivity contribution in [2.75, 3.05) is 13.1 Å². The molecule has 2 amide bonds. The maximum atomic E-state index is 12.6. The van der Waals surface area contributed by atoms with Crippen molar-refractivity contribution in [2.45, 2.75) is 33.2 Å². The zero-order valence-electron chi connectivity index (χ0n) is 14.7. The first-order valence-corrected chi connectivity index (χ1v) is 8.62. The molecule has 0 unspecified atom stereocenters. The smallest absolute Gasteiger partial charge is 0.253 e. The summed E-state index contributed by atoms with van der Waals surface area (Å²) in [4.78, 5) is 25.6. The number of aryl methyl sites for hydroxylation is 2. The second-order valence-electron chi connectivity index (χ2n) is 6.75. The molecule has 1 aliphatic heterocycles. The Hall–Kier alpha value is -2.63. The number of amides is 2. The zero-order chi connectivity index (χ0) is 18.0. The molecule has 1 aromatic heterocycles. The summed E-state index contributed by atoms with van der Waals surface area (Å²) in [6.07, 6.45) is 1.30. The minimum absolute atomic E-state index is 0.0144. The van der Waals surface area contributed by atoms with Crippen LogP contribution in [0, 0.1) is 19.8 Å². The Balaban J connectivity index is 1.63. The number of rotatable bonds is 4. The fraction of sp³-hybridized carbons (Fsp3) is 0.421. The third-order valence-electron chi connectivity index (χ3n) is 4.82. The predicted octanol–water partition coefficient (Wildman–Crippen LogP) is 1.89. The summed E-state index contributed by atoms with van der Waals surface area (Å²) in [7, 11) is 0. The number of likely N-dealkylation sites (tertiary alicyclic amines) is 1. The monoisotopic (exact) mass is 340 g/mol. The number of nitrogens with two attached hydrogens (primary N) is 1. The van der Waals surface area contributed by atoms with Gasteiger partial charge in [-0.2, -0.15) is 5.10 Å². The first-order valence-electron chi connectivity index (χ1n) is 8.62. The molecule has 0 atom stereocenters. The van der Waals surface area contributed by atoms with E-state index in [1.807, 2.05) is 48.9 Å². The molecule has 3 rings (SSSR count). The number of primary amides is 1. The van der Waals surface area contributed by atoms with Crippen LogP contribution in [0.15, 0.2) is 30.3 Å². The highest BCUT2D eigenvalue weighted by Gasteiger charge is 2.26. The van der Waals surface area contributed by atoms with Crippen LogP contribution in [-0.2, 0) is 11.3 Å². The number of aromatic nitrogens is 2. The van der Waals surface area contributed by atoms with Crippen LogP contribution in [0.4, 0.5) is 0 Å². The Labute approximate surface area is 147 Å². The average molecular weight is 340 g/mol. The van der Waals surface area contributed by atoms with Gasteiger partial charge in [0.05, 0.1) is 12.2 Å². The van der Waals surface area contributed by atoms with Crippen LogP contribution in [0.25, 0.3) is 0 Å². The molecule has 2 heterocycles. The lowest BCUT2D eigenvalue weighted by atomic mass is 9.96. The van der Waals surface area contributed by atoms with E-state index in [4.69, 9.17) is 5.73 Å². The molecule has 0 spiro atoms. The number of carbonyl (C=O) groups excluding carboxylic acids is 2. The number of benzene rings is 1. The maximum Gasteiger partial charge on any atom is 0.253 e. The average Bonchev–Trinajstić information content (AvgIpc) is 2.92. The minimum atomic E-state index is -0.263. The first kappa shape index (κ1) is 17.2. The van der Waals surface area contributed by atoms with Gasteiger partial charge in [-0.05, 0) is 50.5 Å². The molecule has 6 heteroatoms. The quantitative estimate of drug-likeness (QED) is 0.923. The SMILES string of the molecule is Cc1cc(C)n(Cc2ccc(C(=O)N3CCC(C(N)=O)CC3)cc2)n1. The number of hydrogen-bond acceptors (Lipinski definition) is 3.